The van der Waals surface area contributed by atoms with E-state index in [1.54, 1.807) is 18.2 Å². The first-order valence-corrected chi connectivity index (χ1v) is 5.91. The summed E-state index contributed by atoms with van der Waals surface area (Å²) in [7, 11) is 0. The predicted molar refractivity (Wildman–Crippen MR) is 66.8 cm³/mol. The van der Waals surface area contributed by atoms with E-state index in [1.165, 1.54) is 24.5 Å². The number of halogens is 1. The highest BCUT2D eigenvalue weighted by Crippen LogP contribution is 2.19. The van der Waals surface area contributed by atoms with Gasteiger partial charge in [-0.05, 0) is 29.8 Å². The van der Waals surface area contributed by atoms with Gasteiger partial charge in [0.15, 0.2) is 5.78 Å². The van der Waals surface area contributed by atoms with Gasteiger partial charge in [0.25, 0.3) is 0 Å². The van der Waals surface area contributed by atoms with Gasteiger partial charge >= 0.3 is 0 Å². The van der Waals surface area contributed by atoms with Crippen LogP contribution in [0.25, 0.3) is 0 Å². The smallest absolute Gasteiger partial charge is 0.154 e. The second-order valence-electron chi connectivity index (χ2n) is 4.16. The van der Waals surface area contributed by atoms with Crippen LogP contribution >= 0.6 is 0 Å². The zero-order chi connectivity index (χ0) is 13.7. The van der Waals surface area contributed by atoms with Gasteiger partial charge in [-0.1, -0.05) is 12.1 Å². The lowest BCUT2D eigenvalue weighted by Crippen LogP contribution is -2.11. The molecule has 0 radical (unpaired) electrons. The van der Waals surface area contributed by atoms with Gasteiger partial charge in [0.1, 0.15) is 17.5 Å². The molecular formula is C15H12FNO2. The first-order valence-electron chi connectivity index (χ1n) is 5.91. The summed E-state index contributed by atoms with van der Waals surface area (Å²) >= 11 is 0. The Bertz CT molecular complexity index is 599. The molecule has 0 fully saturated rings. The van der Waals surface area contributed by atoms with Crippen LogP contribution in [0.1, 0.15) is 23.7 Å². The molecule has 0 aliphatic carbocycles. The standard InChI is InChI=1S/C15H12FNO2/c16-12-4-1-3-11(9-12)14(10-17)15(18)7-6-13-5-2-8-19-13/h1-5,8-9,14H,6-7H2. The molecule has 2 rings (SSSR count). The maximum Gasteiger partial charge on any atom is 0.154 e. The molecule has 0 saturated heterocycles. The highest BCUT2D eigenvalue weighted by atomic mass is 19.1. The van der Waals surface area contributed by atoms with Gasteiger partial charge in [-0.15, -0.1) is 0 Å². The number of rotatable bonds is 5. The topological polar surface area (TPSA) is 54.0 Å². The first-order chi connectivity index (χ1) is 9.20. The third-order valence-corrected chi connectivity index (χ3v) is 2.83. The number of nitrogens with zero attached hydrogens (tertiary/aromatic N) is 1. The minimum atomic E-state index is -0.925. The number of benzene rings is 1. The zero-order valence-electron chi connectivity index (χ0n) is 10.2. The second-order valence-corrected chi connectivity index (χ2v) is 4.16. The van der Waals surface area contributed by atoms with Gasteiger partial charge in [0.05, 0.1) is 12.3 Å². The summed E-state index contributed by atoms with van der Waals surface area (Å²) < 4.78 is 18.2. The van der Waals surface area contributed by atoms with Crippen LogP contribution in [0.3, 0.4) is 0 Å². The number of hydrogen-bond donors (Lipinski definition) is 0. The van der Waals surface area contributed by atoms with Crippen LogP contribution in [-0.4, -0.2) is 5.78 Å². The Morgan fingerprint density at radius 1 is 1.37 bits per heavy atom. The summed E-state index contributed by atoms with van der Waals surface area (Å²) in [6, 6.07) is 11.0. The van der Waals surface area contributed by atoms with Gasteiger partial charge in [-0.3, -0.25) is 4.79 Å². The number of nitriles is 1. The quantitative estimate of drug-likeness (QED) is 0.826. The van der Waals surface area contributed by atoms with E-state index >= 15 is 0 Å². The van der Waals surface area contributed by atoms with Crippen molar-refractivity contribution in [2.75, 3.05) is 0 Å². The normalized spacial score (nSPS) is 11.8. The van der Waals surface area contributed by atoms with Crippen LogP contribution < -0.4 is 0 Å². The van der Waals surface area contributed by atoms with Crippen molar-refractivity contribution in [2.45, 2.75) is 18.8 Å². The van der Waals surface area contributed by atoms with E-state index in [0.29, 0.717) is 17.7 Å². The fourth-order valence-electron chi connectivity index (χ4n) is 1.86. The minimum Gasteiger partial charge on any atom is -0.469 e. The second kappa shape index (κ2) is 5.96. The van der Waals surface area contributed by atoms with E-state index in [2.05, 4.69) is 0 Å². The maximum atomic E-state index is 13.1. The molecule has 0 saturated carbocycles. The average Bonchev–Trinajstić information content (AvgIpc) is 2.90. The van der Waals surface area contributed by atoms with E-state index < -0.39 is 11.7 Å². The zero-order valence-corrected chi connectivity index (χ0v) is 10.2. The highest BCUT2D eigenvalue weighted by molar-refractivity contribution is 5.88. The van der Waals surface area contributed by atoms with Crippen molar-refractivity contribution in [2.24, 2.45) is 0 Å². The molecule has 0 amide bonds. The van der Waals surface area contributed by atoms with Crippen molar-refractivity contribution < 1.29 is 13.6 Å². The summed E-state index contributed by atoms with van der Waals surface area (Å²) in [5, 5.41) is 9.08. The number of carbonyl (C=O) groups is 1. The van der Waals surface area contributed by atoms with E-state index in [0.717, 1.165) is 0 Å². The SMILES string of the molecule is N#CC(C(=O)CCc1ccco1)c1cccc(F)c1. The molecule has 1 atom stereocenters. The third-order valence-electron chi connectivity index (χ3n) is 2.83. The first kappa shape index (κ1) is 13.0. The molecule has 0 spiro atoms. The number of carbonyl (C=O) groups excluding carboxylic acids is 1. The van der Waals surface area contributed by atoms with Gasteiger partial charge in [0.2, 0.25) is 0 Å². The van der Waals surface area contributed by atoms with Crippen LogP contribution in [0.2, 0.25) is 0 Å². The third kappa shape index (κ3) is 3.29. The van der Waals surface area contributed by atoms with Crippen molar-refractivity contribution in [3.8, 4) is 6.07 Å². The molecule has 1 aromatic carbocycles. The average molecular weight is 257 g/mol. The van der Waals surface area contributed by atoms with Crippen molar-refractivity contribution in [3.05, 3.63) is 59.8 Å². The van der Waals surface area contributed by atoms with Gasteiger partial charge in [0, 0.05) is 12.8 Å². The lowest BCUT2D eigenvalue weighted by molar-refractivity contribution is -0.119. The maximum absolute atomic E-state index is 13.1. The molecule has 1 unspecified atom stereocenters. The number of aryl methyl sites for hydroxylation is 1. The number of hydrogen-bond acceptors (Lipinski definition) is 3. The van der Waals surface area contributed by atoms with Crippen LogP contribution in [0.5, 0.6) is 0 Å². The van der Waals surface area contributed by atoms with E-state index in [9.17, 15) is 9.18 Å². The molecule has 96 valence electrons. The molecule has 0 bridgehead atoms. The van der Waals surface area contributed by atoms with Crippen molar-refractivity contribution in [1.82, 2.24) is 0 Å². The summed E-state index contributed by atoms with van der Waals surface area (Å²) in [5.41, 5.74) is 0.395. The Hall–Kier alpha value is -2.41. The largest absolute Gasteiger partial charge is 0.469 e. The molecule has 19 heavy (non-hydrogen) atoms. The fourth-order valence-corrected chi connectivity index (χ4v) is 1.86. The molecule has 3 nitrogen and oxygen atoms in total. The predicted octanol–water partition coefficient (Wildman–Crippen LogP) is 3.23. The Balaban J connectivity index is 2.05. The monoisotopic (exact) mass is 257 g/mol. The lowest BCUT2D eigenvalue weighted by atomic mass is 9.93. The Morgan fingerprint density at radius 3 is 2.84 bits per heavy atom. The summed E-state index contributed by atoms with van der Waals surface area (Å²) in [5.74, 6) is -0.906. The molecule has 4 heteroatoms. The summed E-state index contributed by atoms with van der Waals surface area (Å²) in [6.45, 7) is 0. The van der Waals surface area contributed by atoms with Crippen LogP contribution in [0, 0.1) is 17.1 Å². The van der Waals surface area contributed by atoms with Gasteiger partial charge in [-0.2, -0.15) is 5.26 Å². The van der Waals surface area contributed by atoms with Crippen molar-refractivity contribution in [3.63, 3.8) is 0 Å². The van der Waals surface area contributed by atoms with E-state index in [-0.39, 0.29) is 12.2 Å². The molecule has 0 aliphatic heterocycles. The molecule has 2 aromatic rings. The number of furan rings is 1. The van der Waals surface area contributed by atoms with E-state index in [4.69, 9.17) is 9.68 Å². The number of ketones is 1. The molecular weight excluding hydrogens is 245 g/mol. The highest BCUT2D eigenvalue weighted by Gasteiger charge is 2.20. The molecule has 0 aliphatic rings. The van der Waals surface area contributed by atoms with Crippen LogP contribution in [0.4, 0.5) is 4.39 Å². The van der Waals surface area contributed by atoms with Gasteiger partial charge in [-0.25, -0.2) is 4.39 Å². The Kier molecular flexibility index (Phi) is 4.09. The number of Topliss-reactive ketones (excluding diaryl/α,β-unsaturated/α-hetero) is 1. The fraction of sp³-hybridized carbons (Fsp3) is 0.200. The van der Waals surface area contributed by atoms with Crippen molar-refractivity contribution in [1.29, 1.82) is 5.26 Å². The van der Waals surface area contributed by atoms with Crippen molar-refractivity contribution >= 4 is 5.78 Å². The summed E-state index contributed by atoms with van der Waals surface area (Å²) in [4.78, 5) is 12.0. The summed E-state index contributed by atoms with van der Waals surface area (Å²) in [6.07, 6.45) is 2.18. The molecule has 1 heterocycles. The molecule has 0 N–H and O–H groups in total. The van der Waals surface area contributed by atoms with Gasteiger partial charge < -0.3 is 4.42 Å². The molecule has 1 aromatic heterocycles. The lowest BCUT2D eigenvalue weighted by Gasteiger charge is -2.08. The van der Waals surface area contributed by atoms with E-state index in [1.807, 2.05) is 6.07 Å². The van der Waals surface area contributed by atoms with Crippen LogP contribution in [-0.2, 0) is 11.2 Å². The minimum absolute atomic E-state index is 0.197. The Morgan fingerprint density at radius 2 is 2.21 bits per heavy atom. The Labute approximate surface area is 110 Å². The van der Waals surface area contributed by atoms with Crippen LogP contribution in [0.15, 0.2) is 47.1 Å².